The molecule has 6 nitrogen and oxygen atoms in total. The zero-order chi connectivity index (χ0) is 21.7. The van der Waals surface area contributed by atoms with Gasteiger partial charge in [0.1, 0.15) is 0 Å². The van der Waals surface area contributed by atoms with E-state index in [1.165, 1.54) is 11.4 Å². The molecule has 3 rings (SSSR count). The van der Waals surface area contributed by atoms with Crippen molar-refractivity contribution in [2.24, 2.45) is 10.2 Å². The molecule has 0 saturated heterocycles. The van der Waals surface area contributed by atoms with Crippen LogP contribution in [0.1, 0.15) is 30.8 Å². The lowest BCUT2D eigenvalue weighted by Gasteiger charge is -2.12. The minimum absolute atomic E-state index is 0.820. The van der Waals surface area contributed by atoms with Gasteiger partial charge in [-0.3, -0.25) is 0 Å². The summed E-state index contributed by atoms with van der Waals surface area (Å²) in [5, 5.41) is 9.44. The van der Waals surface area contributed by atoms with Crippen molar-refractivity contribution in [2.45, 2.75) is 20.3 Å². The molecule has 3 aromatic rings. The second kappa shape index (κ2) is 9.39. The van der Waals surface area contributed by atoms with Crippen molar-refractivity contribution in [2.75, 3.05) is 38.0 Å². The van der Waals surface area contributed by atoms with E-state index in [2.05, 4.69) is 70.4 Å². The minimum atomic E-state index is 0.820. The summed E-state index contributed by atoms with van der Waals surface area (Å²) < 4.78 is 3.79. The van der Waals surface area contributed by atoms with Gasteiger partial charge in [-0.05, 0) is 42.3 Å². The average Bonchev–Trinajstić information content (AvgIpc) is 3.13. The molecule has 1 aromatic heterocycles. The van der Waals surface area contributed by atoms with E-state index in [9.17, 15) is 0 Å². The Kier molecular flexibility index (Phi) is 6.67. The fourth-order valence-corrected chi connectivity index (χ4v) is 3.13. The van der Waals surface area contributed by atoms with Gasteiger partial charge in [-0.2, -0.15) is 0 Å². The van der Waals surface area contributed by atoms with E-state index in [4.69, 9.17) is 5.10 Å². The molecule has 0 aliphatic carbocycles. The number of benzene rings is 2. The summed E-state index contributed by atoms with van der Waals surface area (Å²) in [5.41, 5.74) is 5.47. The fourth-order valence-electron chi connectivity index (χ4n) is 3.13. The Hall–Kier alpha value is -3.41. The minimum Gasteiger partial charge on any atom is -0.378 e. The first-order valence-corrected chi connectivity index (χ1v) is 10.2. The number of aromatic nitrogens is 2. The smallest absolute Gasteiger partial charge is 0.307 e. The van der Waals surface area contributed by atoms with Gasteiger partial charge in [0.2, 0.25) is 0 Å². The van der Waals surface area contributed by atoms with Crippen LogP contribution in [0, 0.1) is 0 Å². The van der Waals surface area contributed by atoms with Crippen molar-refractivity contribution in [3.05, 3.63) is 77.9 Å². The van der Waals surface area contributed by atoms with Gasteiger partial charge in [0.15, 0.2) is 12.4 Å². The Morgan fingerprint density at radius 2 is 1.50 bits per heavy atom. The molecule has 30 heavy (non-hydrogen) atoms. The molecule has 1 heterocycles. The van der Waals surface area contributed by atoms with Crippen LogP contribution >= 0.6 is 0 Å². The van der Waals surface area contributed by atoms with E-state index in [0.717, 1.165) is 29.1 Å². The van der Waals surface area contributed by atoms with E-state index in [1.807, 2.05) is 63.1 Å². The zero-order valence-corrected chi connectivity index (χ0v) is 18.7. The molecular formula is C24H31N6+. The lowest BCUT2D eigenvalue weighted by Crippen LogP contribution is -2.32. The second-order valence-corrected chi connectivity index (χ2v) is 7.61. The molecule has 0 amide bonds. The Balaban J connectivity index is 1.81. The Morgan fingerprint density at radius 3 is 2.03 bits per heavy atom. The molecule has 0 saturated carbocycles. The van der Waals surface area contributed by atoms with Crippen LogP contribution in [0.5, 0.6) is 0 Å². The van der Waals surface area contributed by atoms with Crippen LogP contribution in [0.3, 0.4) is 0 Å². The van der Waals surface area contributed by atoms with Crippen molar-refractivity contribution < 1.29 is 4.68 Å². The van der Waals surface area contributed by atoms with E-state index in [-0.39, 0.29) is 0 Å². The maximum atomic E-state index is 4.80. The van der Waals surface area contributed by atoms with Gasteiger partial charge in [-0.1, -0.05) is 41.4 Å². The van der Waals surface area contributed by atoms with Gasteiger partial charge >= 0.3 is 5.82 Å². The fraction of sp³-hybridized carbons (Fsp3) is 0.292. The number of rotatable bonds is 7. The lowest BCUT2D eigenvalue weighted by molar-refractivity contribution is -0.685. The molecule has 0 spiro atoms. The first-order valence-electron chi connectivity index (χ1n) is 10.2. The topological polar surface area (TPSA) is 40.0 Å². The third-order valence-corrected chi connectivity index (χ3v) is 4.99. The second-order valence-electron chi connectivity index (χ2n) is 7.61. The number of imidazole rings is 1. The summed E-state index contributed by atoms with van der Waals surface area (Å²) >= 11 is 0. The molecule has 0 fully saturated rings. The average molecular weight is 404 g/mol. The summed E-state index contributed by atoms with van der Waals surface area (Å²) in [4.78, 5) is 4.17. The number of anilines is 2. The monoisotopic (exact) mass is 403 g/mol. The summed E-state index contributed by atoms with van der Waals surface area (Å²) in [5.74, 6) is 1.01. The van der Waals surface area contributed by atoms with E-state index >= 15 is 0 Å². The summed E-state index contributed by atoms with van der Waals surface area (Å²) in [6.45, 7) is 4.14. The van der Waals surface area contributed by atoms with Gasteiger partial charge in [0.25, 0.3) is 0 Å². The van der Waals surface area contributed by atoms with E-state index in [0.29, 0.717) is 0 Å². The highest BCUT2D eigenvalue weighted by atomic mass is 15.5. The molecule has 0 N–H and O–H groups in total. The molecule has 0 unspecified atom stereocenters. The molecule has 156 valence electrons. The van der Waals surface area contributed by atoms with Crippen LogP contribution in [0.15, 0.2) is 71.1 Å². The maximum Gasteiger partial charge on any atom is 0.307 e. The van der Waals surface area contributed by atoms with Crippen LogP contribution in [-0.4, -0.2) is 44.8 Å². The highest BCUT2D eigenvalue weighted by Gasteiger charge is 2.15. The Bertz CT molecular complexity index is 1020. The Morgan fingerprint density at radius 1 is 0.933 bits per heavy atom. The number of hydrogen-bond acceptors (Lipinski definition) is 4. The van der Waals surface area contributed by atoms with Crippen molar-refractivity contribution in [1.82, 2.24) is 4.68 Å². The third-order valence-electron chi connectivity index (χ3n) is 4.99. The van der Waals surface area contributed by atoms with Crippen molar-refractivity contribution >= 4 is 23.3 Å². The summed E-state index contributed by atoms with van der Waals surface area (Å²) in [7, 11) is 8.15. The predicted molar refractivity (Wildman–Crippen MR) is 126 cm³/mol. The SMILES string of the molecule is CCc1n(N=Cc2ccc(N(C)C)cc2)cc[n+]1N=C(C)c1ccc(N(C)C)cc1. The standard InChI is InChI=1S/C24H31N6/c1-7-24-29(25-18-20-8-12-22(13-9-20)27(3)4)16-17-30(24)26-19(2)21-10-14-23(15-11-21)28(5)6/h8-18H,7H2,1-6H3/q+1. The summed E-state index contributed by atoms with van der Waals surface area (Å²) in [6, 6.07) is 16.7. The molecular weight excluding hydrogens is 372 g/mol. The largest absolute Gasteiger partial charge is 0.378 e. The molecule has 0 aliphatic rings. The van der Waals surface area contributed by atoms with Crippen molar-refractivity contribution in [3.8, 4) is 0 Å². The molecule has 0 aliphatic heterocycles. The van der Waals surface area contributed by atoms with Crippen LogP contribution in [0.2, 0.25) is 0 Å². The van der Waals surface area contributed by atoms with Gasteiger partial charge in [-0.15, -0.1) is 9.35 Å². The molecule has 0 radical (unpaired) electrons. The Labute approximate surface area is 179 Å². The van der Waals surface area contributed by atoms with Crippen LogP contribution in [0.25, 0.3) is 0 Å². The quantitative estimate of drug-likeness (QED) is 0.446. The van der Waals surface area contributed by atoms with Gasteiger partial charge in [0.05, 0.1) is 18.3 Å². The third kappa shape index (κ3) is 4.95. The first kappa shape index (κ1) is 21.3. The highest BCUT2D eigenvalue weighted by molar-refractivity contribution is 5.98. The van der Waals surface area contributed by atoms with Crippen molar-refractivity contribution in [1.29, 1.82) is 0 Å². The van der Waals surface area contributed by atoms with Gasteiger partial charge < -0.3 is 9.80 Å². The molecule has 0 bridgehead atoms. The molecule has 2 aromatic carbocycles. The van der Waals surface area contributed by atoms with Crippen LogP contribution < -0.4 is 14.5 Å². The number of nitrogens with zero attached hydrogens (tertiary/aromatic N) is 6. The molecule has 0 atom stereocenters. The lowest BCUT2D eigenvalue weighted by atomic mass is 10.1. The van der Waals surface area contributed by atoms with Gasteiger partial charge in [0, 0.05) is 39.6 Å². The van der Waals surface area contributed by atoms with Crippen LogP contribution in [-0.2, 0) is 6.42 Å². The van der Waals surface area contributed by atoms with E-state index < -0.39 is 0 Å². The van der Waals surface area contributed by atoms with Crippen molar-refractivity contribution in [3.63, 3.8) is 0 Å². The maximum absolute atomic E-state index is 4.80. The van der Waals surface area contributed by atoms with Crippen LogP contribution in [0.4, 0.5) is 11.4 Å². The highest BCUT2D eigenvalue weighted by Crippen LogP contribution is 2.13. The predicted octanol–water partition coefficient (Wildman–Crippen LogP) is 3.62. The zero-order valence-electron chi connectivity index (χ0n) is 18.7. The number of hydrogen-bond donors (Lipinski definition) is 0. The van der Waals surface area contributed by atoms with Gasteiger partial charge in [-0.25, -0.2) is 0 Å². The molecule has 6 heteroatoms. The summed E-state index contributed by atoms with van der Waals surface area (Å²) in [6.07, 6.45) is 6.58. The normalized spacial score (nSPS) is 11.9. The van der Waals surface area contributed by atoms with E-state index in [1.54, 1.807) is 0 Å². The first-order chi connectivity index (χ1) is 14.4.